The molecule has 0 aliphatic heterocycles. The molecule has 3 unspecified atom stereocenters. The van der Waals surface area contributed by atoms with Gasteiger partial charge >= 0.3 is 5.97 Å². The number of carboxylic acid groups (broad SMARTS) is 1. The van der Waals surface area contributed by atoms with E-state index in [1.165, 1.54) is 0 Å². The van der Waals surface area contributed by atoms with Crippen molar-refractivity contribution in [2.45, 2.75) is 64.5 Å². The summed E-state index contributed by atoms with van der Waals surface area (Å²) < 4.78 is 0. The highest BCUT2D eigenvalue weighted by molar-refractivity contribution is 5.79. The molecule has 0 spiro atoms. The van der Waals surface area contributed by atoms with E-state index in [1.54, 1.807) is 0 Å². The highest BCUT2D eigenvalue weighted by atomic mass is 16.4. The lowest BCUT2D eigenvalue weighted by molar-refractivity contribution is -0.144. The van der Waals surface area contributed by atoms with Gasteiger partial charge in [-0.25, -0.2) is 0 Å². The van der Waals surface area contributed by atoms with E-state index in [0.29, 0.717) is 12.5 Å². The lowest BCUT2D eigenvalue weighted by Crippen LogP contribution is -2.51. The predicted octanol–water partition coefficient (Wildman–Crippen LogP) is 2.08. The zero-order valence-electron chi connectivity index (χ0n) is 12.0. The van der Waals surface area contributed by atoms with Crippen molar-refractivity contribution in [1.29, 1.82) is 0 Å². The fourth-order valence-corrected chi connectivity index (χ4v) is 3.06. The topological polar surface area (TPSA) is 66.6 Å². The van der Waals surface area contributed by atoms with Crippen molar-refractivity contribution in [1.82, 2.24) is 4.90 Å². The molecule has 4 nitrogen and oxygen atoms in total. The minimum absolute atomic E-state index is 0.133. The second-order valence-electron chi connectivity index (χ2n) is 5.61. The van der Waals surface area contributed by atoms with E-state index in [-0.39, 0.29) is 5.92 Å². The third-order valence-electron chi connectivity index (χ3n) is 4.65. The van der Waals surface area contributed by atoms with Gasteiger partial charge in [-0.2, -0.15) is 0 Å². The lowest BCUT2D eigenvalue weighted by Gasteiger charge is -2.31. The van der Waals surface area contributed by atoms with E-state index in [2.05, 4.69) is 25.7 Å². The smallest absolute Gasteiger partial charge is 0.323 e. The Bertz CT molecular complexity index is 283. The molecule has 0 radical (unpaired) electrons. The summed E-state index contributed by atoms with van der Waals surface area (Å²) in [5.41, 5.74) is 5.09. The number of hydrogen-bond acceptors (Lipinski definition) is 3. The van der Waals surface area contributed by atoms with Crippen LogP contribution in [0.25, 0.3) is 0 Å². The summed E-state index contributed by atoms with van der Waals surface area (Å²) in [4.78, 5) is 13.7. The van der Waals surface area contributed by atoms with E-state index in [1.807, 2.05) is 0 Å². The van der Waals surface area contributed by atoms with Crippen LogP contribution < -0.4 is 5.73 Å². The zero-order chi connectivity index (χ0) is 13.8. The Balaban J connectivity index is 2.54. The van der Waals surface area contributed by atoms with Crippen LogP contribution >= 0.6 is 0 Å². The van der Waals surface area contributed by atoms with Crippen LogP contribution in [0, 0.1) is 5.92 Å². The summed E-state index contributed by atoms with van der Waals surface area (Å²) in [6, 6.07) is 0.563. The Morgan fingerprint density at radius 2 is 2.22 bits per heavy atom. The number of carbonyl (C=O) groups is 1. The first kappa shape index (κ1) is 15.4. The summed E-state index contributed by atoms with van der Waals surface area (Å²) in [5, 5.41) is 9.28. The van der Waals surface area contributed by atoms with Gasteiger partial charge in [0.25, 0.3) is 0 Å². The van der Waals surface area contributed by atoms with E-state index in [0.717, 1.165) is 38.8 Å². The van der Waals surface area contributed by atoms with Crippen molar-refractivity contribution in [3.63, 3.8) is 0 Å². The SMILES string of the molecule is CCC(C)N(CC)CCC1CCCC1(N)C(=O)O. The number of hydrogen-bond donors (Lipinski definition) is 2. The molecule has 18 heavy (non-hydrogen) atoms. The molecule has 106 valence electrons. The molecule has 0 bridgehead atoms. The van der Waals surface area contributed by atoms with Crippen LogP contribution in [0.1, 0.15) is 52.9 Å². The number of nitrogens with two attached hydrogens (primary N) is 1. The molecule has 0 heterocycles. The lowest BCUT2D eigenvalue weighted by atomic mass is 9.85. The van der Waals surface area contributed by atoms with Crippen molar-refractivity contribution in [3.8, 4) is 0 Å². The van der Waals surface area contributed by atoms with Gasteiger partial charge in [-0.05, 0) is 51.6 Å². The highest BCUT2D eigenvalue weighted by Crippen LogP contribution is 2.36. The second-order valence-corrected chi connectivity index (χ2v) is 5.61. The summed E-state index contributed by atoms with van der Waals surface area (Å²) in [5.74, 6) is -0.690. The fraction of sp³-hybridized carbons (Fsp3) is 0.929. The van der Waals surface area contributed by atoms with Gasteiger partial charge in [0.05, 0.1) is 0 Å². The minimum atomic E-state index is -0.977. The number of aliphatic carboxylic acids is 1. The third-order valence-corrected chi connectivity index (χ3v) is 4.65. The third kappa shape index (κ3) is 3.23. The van der Waals surface area contributed by atoms with Crippen molar-refractivity contribution >= 4 is 5.97 Å². The molecule has 0 aromatic rings. The summed E-state index contributed by atoms with van der Waals surface area (Å²) in [7, 11) is 0. The minimum Gasteiger partial charge on any atom is -0.480 e. The van der Waals surface area contributed by atoms with Crippen LogP contribution in [0.4, 0.5) is 0 Å². The molecule has 3 N–H and O–H groups in total. The van der Waals surface area contributed by atoms with Gasteiger partial charge in [0.1, 0.15) is 5.54 Å². The normalized spacial score (nSPS) is 29.7. The van der Waals surface area contributed by atoms with Gasteiger partial charge in [-0.3, -0.25) is 4.79 Å². The standard InChI is InChI=1S/C14H28N2O2/c1-4-11(3)16(5-2)10-8-12-7-6-9-14(12,15)13(17)18/h11-12H,4-10,15H2,1-3H3,(H,17,18). The molecule has 0 aromatic heterocycles. The van der Waals surface area contributed by atoms with Crippen LogP contribution in [0.3, 0.4) is 0 Å². The molecule has 3 atom stereocenters. The highest BCUT2D eigenvalue weighted by Gasteiger charge is 2.45. The van der Waals surface area contributed by atoms with Crippen LogP contribution in [-0.4, -0.2) is 40.6 Å². The van der Waals surface area contributed by atoms with Gasteiger partial charge in [-0.1, -0.05) is 20.3 Å². The average molecular weight is 256 g/mol. The Morgan fingerprint density at radius 1 is 1.56 bits per heavy atom. The first-order chi connectivity index (χ1) is 8.45. The molecule has 0 saturated heterocycles. The molecule has 0 aromatic carbocycles. The van der Waals surface area contributed by atoms with Crippen LogP contribution in [0.2, 0.25) is 0 Å². The maximum Gasteiger partial charge on any atom is 0.323 e. The van der Waals surface area contributed by atoms with Gasteiger partial charge < -0.3 is 15.7 Å². The summed E-state index contributed by atoms with van der Waals surface area (Å²) >= 11 is 0. The van der Waals surface area contributed by atoms with Crippen molar-refractivity contribution in [2.24, 2.45) is 11.7 Å². The van der Waals surface area contributed by atoms with E-state index < -0.39 is 11.5 Å². The maximum atomic E-state index is 11.3. The van der Waals surface area contributed by atoms with Crippen molar-refractivity contribution < 1.29 is 9.90 Å². The first-order valence-corrected chi connectivity index (χ1v) is 7.22. The average Bonchev–Trinajstić information content (AvgIpc) is 2.72. The Labute approximate surface area is 111 Å². The van der Waals surface area contributed by atoms with Gasteiger partial charge in [0.2, 0.25) is 0 Å². The molecule has 1 aliphatic rings. The van der Waals surface area contributed by atoms with Gasteiger partial charge in [0, 0.05) is 6.04 Å². The molecule has 1 saturated carbocycles. The Morgan fingerprint density at radius 3 is 2.72 bits per heavy atom. The van der Waals surface area contributed by atoms with E-state index >= 15 is 0 Å². The maximum absolute atomic E-state index is 11.3. The second kappa shape index (κ2) is 6.53. The zero-order valence-corrected chi connectivity index (χ0v) is 12.0. The van der Waals surface area contributed by atoms with E-state index in [4.69, 9.17) is 5.73 Å². The number of carboxylic acids is 1. The van der Waals surface area contributed by atoms with Crippen LogP contribution in [-0.2, 0) is 4.79 Å². The molecule has 4 heteroatoms. The van der Waals surface area contributed by atoms with E-state index in [9.17, 15) is 9.90 Å². The Kier molecular flexibility index (Phi) is 5.60. The Hall–Kier alpha value is -0.610. The van der Waals surface area contributed by atoms with Crippen LogP contribution in [0.15, 0.2) is 0 Å². The van der Waals surface area contributed by atoms with Gasteiger partial charge in [-0.15, -0.1) is 0 Å². The predicted molar refractivity (Wildman–Crippen MR) is 73.5 cm³/mol. The van der Waals surface area contributed by atoms with Crippen LogP contribution in [0.5, 0.6) is 0 Å². The number of nitrogens with zero attached hydrogens (tertiary/aromatic N) is 1. The molecule has 1 aliphatic carbocycles. The molecule has 1 rings (SSSR count). The monoisotopic (exact) mass is 256 g/mol. The van der Waals surface area contributed by atoms with Gasteiger partial charge in [0.15, 0.2) is 0 Å². The number of rotatable bonds is 7. The fourth-order valence-electron chi connectivity index (χ4n) is 3.06. The molecular formula is C14H28N2O2. The summed E-state index contributed by atoms with van der Waals surface area (Å²) in [6.45, 7) is 8.56. The molecule has 0 amide bonds. The first-order valence-electron chi connectivity index (χ1n) is 7.22. The quantitative estimate of drug-likeness (QED) is 0.732. The molecular weight excluding hydrogens is 228 g/mol. The van der Waals surface area contributed by atoms with Crippen molar-refractivity contribution in [3.05, 3.63) is 0 Å². The van der Waals surface area contributed by atoms with Crippen molar-refractivity contribution in [2.75, 3.05) is 13.1 Å². The summed E-state index contributed by atoms with van der Waals surface area (Å²) in [6.07, 6.45) is 4.57. The molecule has 1 fully saturated rings. The largest absolute Gasteiger partial charge is 0.480 e.